The Labute approximate surface area is 148 Å². The lowest BCUT2D eigenvalue weighted by Crippen LogP contribution is -2.66. The number of nitrogens with zero attached hydrogens (tertiary/aromatic N) is 3. The molecule has 2 amide bonds. The predicted molar refractivity (Wildman–Crippen MR) is 93.5 cm³/mol. The van der Waals surface area contributed by atoms with E-state index in [0.717, 1.165) is 31.7 Å². The molecule has 2 fully saturated rings. The zero-order valence-corrected chi connectivity index (χ0v) is 15.3. The van der Waals surface area contributed by atoms with Gasteiger partial charge in [-0.1, -0.05) is 6.07 Å². The molecule has 0 bridgehead atoms. The first-order valence-corrected chi connectivity index (χ1v) is 8.67. The first-order chi connectivity index (χ1) is 11.8. The number of aromatic nitrogens is 1. The standard InChI is InChI=1S/C18H26N4O3/c1-18(2,3)25-17(24)22-10-14(11-22)21-8-13(9-21)12-5-6-15(20-7-12)16(23)19-4/h5-7,13-14H,8-11H2,1-4H3,(H,19,23). The van der Waals surface area contributed by atoms with Crippen LogP contribution in [0.5, 0.6) is 0 Å². The minimum absolute atomic E-state index is 0.168. The number of ether oxygens (including phenoxy) is 1. The van der Waals surface area contributed by atoms with Gasteiger partial charge in [-0.05, 0) is 32.4 Å². The van der Waals surface area contributed by atoms with Gasteiger partial charge in [-0.25, -0.2) is 4.79 Å². The topological polar surface area (TPSA) is 74.8 Å². The van der Waals surface area contributed by atoms with E-state index in [9.17, 15) is 9.59 Å². The fraction of sp³-hybridized carbons (Fsp3) is 0.611. The normalized spacial score (nSPS) is 19.1. The second-order valence-electron chi connectivity index (χ2n) is 7.75. The summed E-state index contributed by atoms with van der Waals surface area (Å²) in [5.41, 5.74) is 1.15. The molecule has 1 aromatic heterocycles. The SMILES string of the molecule is CNC(=O)c1ccc(C2CN(C3CN(C(=O)OC(C)(C)C)C3)C2)cn1. The molecule has 7 nitrogen and oxygen atoms in total. The van der Waals surface area contributed by atoms with Crippen molar-refractivity contribution < 1.29 is 14.3 Å². The average molecular weight is 346 g/mol. The van der Waals surface area contributed by atoms with E-state index in [1.165, 1.54) is 0 Å². The molecule has 0 aliphatic carbocycles. The minimum Gasteiger partial charge on any atom is -0.444 e. The minimum atomic E-state index is -0.447. The number of carbonyl (C=O) groups is 2. The smallest absolute Gasteiger partial charge is 0.410 e. The Kier molecular flexibility index (Phi) is 4.69. The highest BCUT2D eigenvalue weighted by Crippen LogP contribution is 2.31. The zero-order valence-electron chi connectivity index (χ0n) is 15.3. The van der Waals surface area contributed by atoms with Crippen LogP contribution < -0.4 is 5.32 Å². The molecule has 7 heteroatoms. The summed E-state index contributed by atoms with van der Waals surface area (Å²) in [5.74, 6) is 0.278. The lowest BCUT2D eigenvalue weighted by Gasteiger charge is -2.51. The third-order valence-corrected chi connectivity index (χ3v) is 4.66. The molecule has 3 heterocycles. The van der Waals surface area contributed by atoms with Crippen LogP contribution in [-0.4, -0.2) is 71.7 Å². The van der Waals surface area contributed by atoms with Crippen LogP contribution in [0, 0.1) is 0 Å². The summed E-state index contributed by atoms with van der Waals surface area (Å²) < 4.78 is 5.38. The third kappa shape index (κ3) is 3.92. The maximum absolute atomic E-state index is 12.0. The van der Waals surface area contributed by atoms with Gasteiger partial charge >= 0.3 is 6.09 Å². The van der Waals surface area contributed by atoms with Gasteiger partial charge in [0.15, 0.2) is 0 Å². The Hall–Kier alpha value is -2.15. The van der Waals surface area contributed by atoms with Gasteiger partial charge in [0.1, 0.15) is 11.3 Å². The highest BCUT2D eigenvalue weighted by atomic mass is 16.6. The first kappa shape index (κ1) is 17.7. The number of nitrogens with one attached hydrogen (secondary N) is 1. The average Bonchev–Trinajstić information content (AvgIpc) is 2.45. The van der Waals surface area contributed by atoms with Crippen molar-refractivity contribution in [1.82, 2.24) is 20.1 Å². The molecule has 0 aromatic carbocycles. The number of likely N-dealkylation sites (tertiary alicyclic amines) is 2. The second-order valence-corrected chi connectivity index (χ2v) is 7.75. The molecule has 1 N–H and O–H groups in total. The third-order valence-electron chi connectivity index (χ3n) is 4.66. The highest BCUT2D eigenvalue weighted by molar-refractivity contribution is 5.91. The van der Waals surface area contributed by atoms with Crippen LogP contribution in [0.4, 0.5) is 4.79 Å². The summed E-state index contributed by atoms with van der Waals surface area (Å²) in [6.45, 7) is 9.04. The van der Waals surface area contributed by atoms with Crippen LogP contribution in [0.15, 0.2) is 18.3 Å². The van der Waals surface area contributed by atoms with Gasteiger partial charge in [-0.2, -0.15) is 0 Å². The van der Waals surface area contributed by atoms with E-state index >= 15 is 0 Å². The van der Waals surface area contributed by atoms with Gasteiger partial charge in [0, 0.05) is 51.4 Å². The summed E-state index contributed by atoms with van der Waals surface area (Å²) in [7, 11) is 1.60. The molecule has 0 unspecified atom stereocenters. The number of hydrogen-bond donors (Lipinski definition) is 1. The van der Waals surface area contributed by atoms with Gasteiger partial charge in [-0.15, -0.1) is 0 Å². The molecular formula is C18H26N4O3. The number of amides is 2. The van der Waals surface area contributed by atoms with Crippen molar-refractivity contribution in [3.8, 4) is 0 Å². The number of hydrogen-bond acceptors (Lipinski definition) is 5. The van der Waals surface area contributed by atoms with Crippen molar-refractivity contribution in [2.75, 3.05) is 33.2 Å². The van der Waals surface area contributed by atoms with E-state index in [-0.39, 0.29) is 12.0 Å². The Morgan fingerprint density at radius 2 is 1.88 bits per heavy atom. The van der Waals surface area contributed by atoms with Gasteiger partial charge in [-0.3, -0.25) is 14.7 Å². The summed E-state index contributed by atoms with van der Waals surface area (Å²) >= 11 is 0. The summed E-state index contributed by atoms with van der Waals surface area (Å²) in [6, 6.07) is 4.17. The van der Waals surface area contributed by atoms with E-state index < -0.39 is 5.60 Å². The fourth-order valence-corrected chi connectivity index (χ4v) is 3.09. The van der Waals surface area contributed by atoms with Gasteiger partial charge in [0.05, 0.1) is 0 Å². The highest BCUT2D eigenvalue weighted by Gasteiger charge is 2.42. The van der Waals surface area contributed by atoms with E-state index in [1.807, 2.05) is 26.8 Å². The monoisotopic (exact) mass is 346 g/mol. The lowest BCUT2D eigenvalue weighted by atomic mass is 9.89. The van der Waals surface area contributed by atoms with Crippen LogP contribution >= 0.6 is 0 Å². The molecule has 2 saturated heterocycles. The maximum atomic E-state index is 12.0. The summed E-state index contributed by atoms with van der Waals surface area (Å²) in [4.78, 5) is 31.8. The Morgan fingerprint density at radius 3 is 2.40 bits per heavy atom. The Bertz CT molecular complexity index is 641. The number of rotatable bonds is 3. The van der Waals surface area contributed by atoms with E-state index in [1.54, 1.807) is 24.2 Å². The number of carbonyl (C=O) groups excluding carboxylic acids is 2. The quantitative estimate of drug-likeness (QED) is 0.897. The summed E-state index contributed by atoms with van der Waals surface area (Å²) in [6.07, 6.45) is 1.56. The van der Waals surface area contributed by atoms with Crippen molar-refractivity contribution in [1.29, 1.82) is 0 Å². The van der Waals surface area contributed by atoms with Gasteiger partial charge in [0.25, 0.3) is 5.91 Å². The number of pyridine rings is 1. The zero-order chi connectivity index (χ0) is 18.2. The van der Waals surface area contributed by atoms with Crippen molar-refractivity contribution >= 4 is 12.0 Å². The van der Waals surface area contributed by atoms with Gasteiger partial charge in [0.2, 0.25) is 0 Å². The molecule has 25 heavy (non-hydrogen) atoms. The van der Waals surface area contributed by atoms with Crippen molar-refractivity contribution in [3.05, 3.63) is 29.6 Å². The molecule has 0 radical (unpaired) electrons. The molecular weight excluding hydrogens is 320 g/mol. The Morgan fingerprint density at radius 1 is 1.20 bits per heavy atom. The first-order valence-electron chi connectivity index (χ1n) is 8.67. The van der Waals surface area contributed by atoms with Crippen LogP contribution in [0.25, 0.3) is 0 Å². The summed E-state index contributed by atoms with van der Waals surface area (Å²) in [5, 5.41) is 2.57. The van der Waals surface area contributed by atoms with E-state index in [0.29, 0.717) is 17.7 Å². The van der Waals surface area contributed by atoms with Crippen molar-refractivity contribution in [3.63, 3.8) is 0 Å². The fourth-order valence-electron chi connectivity index (χ4n) is 3.09. The molecule has 136 valence electrons. The maximum Gasteiger partial charge on any atom is 0.410 e. The Balaban J connectivity index is 1.43. The largest absolute Gasteiger partial charge is 0.444 e. The molecule has 0 atom stereocenters. The van der Waals surface area contributed by atoms with E-state index in [2.05, 4.69) is 15.2 Å². The van der Waals surface area contributed by atoms with Crippen LogP contribution in [0.3, 0.4) is 0 Å². The van der Waals surface area contributed by atoms with Crippen LogP contribution in [0.1, 0.15) is 42.7 Å². The predicted octanol–water partition coefficient (Wildman–Crippen LogP) is 1.46. The molecule has 2 aliphatic rings. The molecule has 1 aromatic rings. The van der Waals surface area contributed by atoms with Crippen LogP contribution in [-0.2, 0) is 4.74 Å². The van der Waals surface area contributed by atoms with Crippen LogP contribution in [0.2, 0.25) is 0 Å². The lowest BCUT2D eigenvalue weighted by molar-refractivity contribution is -0.0339. The molecule has 0 spiro atoms. The van der Waals surface area contributed by atoms with Crippen molar-refractivity contribution in [2.45, 2.75) is 38.3 Å². The molecule has 2 aliphatic heterocycles. The van der Waals surface area contributed by atoms with E-state index in [4.69, 9.17) is 4.74 Å². The molecule has 0 saturated carbocycles. The van der Waals surface area contributed by atoms with Crippen molar-refractivity contribution in [2.24, 2.45) is 0 Å². The van der Waals surface area contributed by atoms with Gasteiger partial charge < -0.3 is 15.0 Å². The molecule has 3 rings (SSSR count). The second kappa shape index (κ2) is 6.63.